The number of benzene rings is 1. The van der Waals surface area contributed by atoms with Crippen molar-refractivity contribution in [2.45, 2.75) is 19.8 Å². The van der Waals surface area contributed by atoms with Crippen LogP contribution in [0.1, 0.15) is 25.3 Å². The highest BCUT2D eigenvalue weighted by Crippen LogP contribution is 2.44. The molecule has 1 heterocycles. The largest absolute Gasteiger partial charge is 0.478 e. The van der Waals surface area contributed by atoms with Gasteiger partial charge in [-0.3, -0.25) is 0 Å². The number of azide groups is 1. The van der Waals surface area contributed by atoms with Gasteiger partial charge < -0.3 is 19.1 Å². The standard InChI is InChI=1S/C20H23ClN4O5/c1-5-29-20(27)17-16(13-8-6-7-9-14(13)21)15(19(26)28-4)12(2)25(3)18(17)30-11-10-23-24-22/h6-9,16H,5,10-11H2,1-4H3. The monoisotopic (exact) mass is 434 g/mol. The second-order valence-corrected chi connectivity index (χ2v) is 6.65. The molecule has 1 aliphatic rings. The van der Waals surface area contributed by atoms with E-state index < -0.39 is 17.9 Å². The van der Waals surface area contributed by atoms with Gasteiger partial charge in [-0.05, 0) is 31.0 Å². The van der Waals surface area contributed by atoms with Crippen molar-refractivity contribution in [1.82, 2.24) is 4.90 Å². The first-order valence-electron chi connectivity index (χ1n) is 9.21. The average molecular weight is 435 g/mol. The number of methoxy groups -OCH3 is 1. The van der Waals surface area contributed by atoms with E-state index in [1.807, 2.05) is 0 Å². The van der Waals surface area contributed by atoms with Crippen LogP contribution in [0, 0.1) is 0 Å². The number of halogens is 1. The molecule has 1 aliphatic heterocycles. The van der Waals surface area contributed by atoms with Gasteiger partial charge in [0.25, 0.3) is 0 Å². The summed E-state index contributed by atoms with van der Waals surface area (Å²) in [6.07, 6.45) is 0. The summed E-state index contributed by atoms with van der Waals surface area (Å²) < 4.78 is 16.1. The number of ether oxygens (including phenoxy) is 3. The molecule has 0 aromatic heterocycles. The zero-order valence-electron chi connectivity index (χ0n) is 17.2. The third-order valence-corrected chi connectivity index (χ3v) is 4.96. The SMILES string of the molecule is CCOC(=O)C1=C(OCCN=[N+]=[N-])N(C)C(C)=C(C(=O)OC)C1c1ccccc1Cl. The predicted octanol–water partition coefficient (Wildman–Crippen LogP) is 3.92. The maximum absolute atomic E-state index is 13.0. The first-order chi connectivity index (χ1) is 14.4. The zero-order valence-corrected chi connectivity index (χ0v) is 18.0. The van der Waals surface area contributed by atoms with E-state index in [-0.39, 0.29) is 36.8 Å². The maximum Gasteiger partial charge on any atom is 0.340 e. The van der Waals surface area contributed by atoms with Gasteiger partial charge in [-0.1, -0.05) is 34.9 Å². The van der Waals surface area contributed by atoms with E-state index in [1.165, 1.54) is 7.11 Å². The minimum Gasteiger partial charge on any atom is -0.478 e. The van der Waals surface area contributed by atoms with Crippen LogP contribution in [-0.4, -0.2) is 50.8 Å². The Balaban J connectivity index is 2.75. The van der Waals surface area contributed by atoms with Gasteiger partial charge in [0.15, 0.2) is 0 Å². The Labute approximate surface area is 179 Å². The molecule has 0 saturated heterocycles. The molecule has 1 atom stereocenters. The summed E-state index contributed by atoms with van der Waals surface area (Å²) in [4.78, 5) is 30.0. The van der Waals surface area contributed by atoms with Crippen molar-refractivity contribution in [2.24, 2.45) is 5.11 Å². The highest BCUT2D eigenvalue weighted by molar-refractivity contribution is 6.31. The Morgan fingerprint density at radius 3 is 2.57 bits per heavy atom. The summed E-state index contributed by atoms with van der Waals surface area (Å²) in [5.74, 6) is -1.92. The molecule has 0 fully saturated rings. The second-order valence-electron chi connectivity index (χ2n) is 6.25. The lowest BCUT2D eigenvalue weighted by atomic mass is 9.81. The Bertz CT molecular complexity index is 937. The molecule has 1 unspecified atom stereocenters. The minimum atomic E-state index is -0.865. The summed E-state index contributed by atoms with van der Waals surface area (Å²) in [6.45, 7) is 3.62. The van der Waals surface area contributed by atoms with Crippen LogP contribution in [0.4, 0.5) is 0 Å². The number of nitrogens with zero attached hydrogens (tertiary/aromatic N) is 4. The van der Waals surface area contributed by atoms with Crippen LogP contribution in [0.2, 0.25) is 5.02 Å². The van der Waals surface area contributed by atoms with Gasteiger partial charge in [0.05, 0.1) is 38.4 Å². The van der Waals surface area contributed by atoms with Crippen molar-refractivity contribution in [3.05, 3.63) is 68.0 Å². The summed E-state index contributed by atoms with van der Waals surface area (Å²) in [7, 11) is 2.93. The van der Waals surface area contributed by atoms with Gasteiger partial charge >= 0.3 is 11.9 Å². The molecule has 160 valence electrons. The molecule has 0 radical (unpaired) electrons. The van der Waals surface area contributed by atoms with Gasteiger partial charge in [0, 0.05) is 22.7 Å². The number of hydrogen-bond donors (Lipinski definition) is 0. The van der Waals surface area contributed by atoms with E-state index in [0.717, 1.165) is 0 Å². The molecule has 0 N–H and O–H groups in total. The topological polar surface area (TPSA) is 114 Å². The fourth-order valence-corrected chi connectivity index (χ4v) is 3.45. The molecule has 0 bridgehead atoms. The summed E-state index contributed by atoms with van der Waals surface area (Å²) in [5.41, 5.74) is 9.90. The summed E-state index contributed by atoms with van der Waals surface area (Å²) in [6, 6.07) is 6.91. The number of esters is 2. The number of carbonyl (C=O) groups excluding carboxylic acids is 2. The van der Waals surface area contributed by atoms with Crippen molar-refractivity contribution < 1.29 is 23.8 Å². The molecule has 0 saturated carbocycles. The van der Waals surface area contributed by atoms with E-state index in [2.05, 4.69) is 10.0 Å². The summed E-state index contributed by atoms with van der Waals surface area (Å²) >= 11 is 6.44. The maximum atomic E-state index is 13.0. The molecular weight excluding hydrogens is 412 g/mol. The number of carbonyl (C=O) groups is 2. The van der Waals surface area contributed by atoms with Crippen molar-refractivity contribution >= 4 is 23.5 Å². The van der Waals surface area contributed by atoms with Crippen molar-refractivity contribution in [3.8, 4) is 0 Å². The van der Waals surface area contributed by atoms with Gasteiger partial charge in [0.1, 0.15) is 5.57 Å². The van der Waals surface area contributed by atoms with Crippen LogP contribution in [-0.2, 0) is 23.8 Å². The van der Waals surface area contributed by atoms with E-state index in [9.17, 15) is 9.59 Å². The molecule has 2 rings (SSSR count). The van der Waals surface area contributed by atoms with Crippen LogP contribution in [0.25, 0.3) is 10.4 Å². The Morgan fingerprint density at radius 1 is 1.27 bits per heavy atom. The van der Waals surface area contributed by atoms with Gasteiger partial charge in [-0.2, -0.15) is 0 Å². The average Bonchev–Trinajstić information content (AvgIpc) is 2.73. The lowest BCUT2D eigenvalue weighted by Gasteiger charge is -2.36. The van der Waals surface area contributed by atoms with Crippen LogP contribution in [0.5, 0.6) is 0 Å². The quantitative estimate of drug-likeness (QED) is 0.201. The third-order valence-electron chi connectivity index (χ3n) is 4.62. The van der Waals surface area contributed by atoms with Crippen LogP contribution in [0.3, 0.4) is 0 Å². The molecule has 0 amide bonds. The third kappa shape index (κ3) is 4.69. The molecule has 30 heavy (non-hydrogen) atoms. The molecule has 1 aromatic carbocycles. The zero-order chi connectivity index (χ0) is 22.3. The van der Waals surface area contributed by atoms with E-state index in [4.69, 9.17) is 31.3 Å². The van der Waals surface area contributed by atoms with Gasteiger partial charge in [0.2, 0.25) is 5.88 Å². The molecule has 10 heteroatoms. The fourth-order valence-electron chi connectivity index (χ4n) is 3.20. The molecule has 0 aliphatic carbocycles. The molecule has 1 aromatic rings. The molecule has 9 nitrogen and oxygen atoms in total. The predicted molar refractivity (Wildman–Crippen MR) is 110 cm³/mol. The van der Waals surface area contributed by atoms with E-state index in [1.54, 1.807) is 50.1 Å². The highest BCUT2D eigenvalue weighted by Gasteiger charge is 2.42. The molecular formula is C20H23ClN4O5. The van der Waals surface area contributed by atoms with Crippen LogP contribution < -0.4 is 0 Å². The minimum absolute atomic E-state index is 0.0305. The smallest absolute Gasteiger partial charge is 0.340 e. The normalized spacial score (nSPS) is 16.2. The fraction of sp³-hybridized carbons (Fsp3) is 0.400. The van der Waals surface area contributed by atoms with Crippen molar-refractivity contribution in [3.63, 3.8) is 0 Å². The van der Waals surface area contributed by atoms with Gasteiger partial charge in [-0.15, -0.1) is 0 Å². The van der Waals surface area contributed by atoms with E-state index in [0.29, 0.717) is 16.3 Å². The number of hydrogen-bond acceptors (Lipinski definition) is 7. The molecule has 0 spiro atoms. The van der Waals surface area contributed by atoms with Crippen LogP contribution in [0.15, 0.2) is 52.1 Å². The second kappa shape index (κ2) is 10.6. The lowest BCUT2D eigenvalue weighted by Crippen LogP contribution is -2.35. The van der Waals surface area contributed by atoms with Gasteiger partial charge in [-0.25, -0.2) is 9.59 Å². The first-order valence-corrected chi connectivity index (χ1v) is 9.58. The Hall–Kier alpha value is -3.16. The summed E-state index contributed by atoms with van der Waals surface area (Å²) in [5, 5.41) is 3.82. The Kier molecular flexibility index (Phi) is 8.15. The number of rotatable bonds is 8. The van der Waals surface area contributed by atoms with Crippen molar-refractivity contribution in [2.75, 3.05) is 33.9 Å². The lowest BCUT2D eigenvalue weighted by molar-refractivity contribution is -0.139. The van der Waals surface area contributed by atoms with Crippen LogP contribution >= 0.6 is 11.6 Å². The number of allylic oxidation sites excluding steroid dienone is 1. The van der Waals surface area contributed by atoms with Crippen molar-refractivity contribution in [1.29, 1.82) is 0 Å². The first kappa shape index (κ1) is 23.1. The highest BCUT2D eigenvalue weighted by atomic mass is 35.5. The van der Waals surface area contributed by atoms with E-state index >= 15 is 0 Å². The Morgan fingerprint density at radius 2 is 1.97 bits per heavy atom.